The lowest BCUT2D eigenvalue weighted by molar-refractivity contribution is 0.752. The van der Waals surface area contributed by atoms with Crippen LogP contribution in [-0.4, -0.2) is 16.1 Å². The normalized spacial score (nSPS) is 16.4. The molecular formula is C20H20N4. The van der Waals surface area contributed by atoms with Gasteiger partial charge in [-0.15, -0.1) is 0 Å². The number of fused-ring (bicyclic) bond motifs is 1. The van der Waals surface area contributed by atoms with Crippen LogP contribution in [0.3, 0.4) is 0 Å². The van der Waals surface area contributed by atoms with Gasteiger partial charge in [0.05, 0.1) is 11.9 Å². The van der Waals surface area contributed by atoms with Gasteiger partial charge in [0, 0.05) is 11.4 Å². The number of nitrogens with zero attached hydrogens (tertiary/aromatic N) is 4. The average molecular weight is 316 g/mol. The molecule has 1 aliphatic rings. The minimum atomic E-state index is 0.102. The maximum Gasteiger partial charge on any atom is 0.178 e. The van der Waals surface area contributed by atoms with E-state index in [1.165, 1.54) is 11.3 Å². The summed E-state index contributed by atoms with van der Waals surface area (Å²) in [5, 5.41) is 0. The van der Waals surface area contributed by atoms with Crippen molar-refractivity contribution in [3.8, 4) is 0 Å². The fourth-order valence-electron chi connectivity index (χ4n) is 3.33. The van der Waals surface area contributed by atoms with Crippen molar-refractivity contribution < 1.29 is 0 Å². The quantitative estimate of drug-likeness (QED) is 0.684. The highest BCUT2D eigenvalue weighted by molar-refractivity contribution is 5.84. The molecule has 0 saturated heterocycles. The SMILES string of the molecule is Cc1cnc2c(n1)N(c1ccccc1C)[C@@H](C)N2c1ccccc1. The first-order valence-electron chi connectivity index (χ1n) is 8.19. The summed E-state index contributed by atoms with van der Waals surface area (Å²) in [6, 6.07) is 18.8. The lowest BCUT2D eigenvalue weighted by Crippen LogP contribution is -2.35. The largest absolute Gasteiger partial charge is 0.302 e. The maximum atomic E-state index is 4.80. The first-order chi connectivity index (χ1) is 11.7. The number of aryl methyl sites for hydroxylation is 2. The second-order valence-corrected chi connectivity index (χ2v) is 6.15. The van der Waals surface area contributed by atoms with Crippen molar-refractivity contribution in [2.45, 2.75) is 26.9 Å². The van der Waals surface area contributed by atoms with Crippen LogP contribution in [0, 0.1) is 13.8 Å². The Hall–Kier alpha value is -2.88. The van der Waals surface area contributed by atoms with E-state index < -0.39 is 0 Å². The van der Waals surface area contributed by atoms with Gasteiger partial charge in [0.25, 0.3) is 0 Å². The molecule has 4 heteroatoms. The fourth-order valence-corrected chi connectivity index (χ4v) is 3.33. The third-order valence-corrected chi connectivity index (χ3v) is 4.47. The van der Waals surface area contributed by atoms with Gasteiger partial charge >= 0.3 is 0 Å². The van der Waals surface area contributed by atoms with Crippen LogP contribution < -0.4 is 9.80 Å². The minimum absolute atomic E-state index is 0.102. The smallest absolute Gasteiger partial charge is 0.178 e. The van der Waals surface area contributed by atoms with Crippen molar-refractivity contribution in [2.24, 2.45) is 0 Å². The van der Waals surface area contributed by atoms with Crippen LogP contribution in [0.25, 0.3) is 0 Å². The van der Waals surface area contributed by atoms with E-state index in [0.717, 1.165) is 23.0 Å². The first kappa shape index (κ1) is 14.7. The molecule has 2 aromatic carbocycles. The van der Waals surface area contributed by atoms with E-state index in [-0.39, 0.29) is 6.17 Å². The van der Waals surface area contributed by atoms with Crippen LogP contribution >= 0.6 is 0 Å². The first-order valence-corrected chi connectivity index (χ1v) is 8.19. The number of rotatable bonds is 2. The number of anilines is 4. The van der Waals surface area contributed by atoms with Crippen LogP contribution in [-0.2, 0) is 0 Å². The molecule has 24 heavy (non-hydrogen) atoms. The molecule has 4 rings (SSSR count). The Morgan fingerprint density at radius 1 is 0.833 bits per heavy atom. The molecular weight excluding hydrogens is 296 g/mol. The highest BCUT2D eigenvalue weighted by atomic mass is 15.5. The van der Waals surface area contributed by atoms with Crippen LogP contribution in [0.4, 0.5) is 23.0 Å². The molecule has 0 amide bonds. The fraction of sp³-hybridized carbons (Fsp3) is 0.200. The van der Waals surface area contributed by atoms with E-state index in [2.05, 4.69) is 72.2 Å². The predicted octanol–water partition coefficient (Wildman–Crippen LogP) is 4.73. The Morgan fingerprint density at radius 2 is 1.54 bits per heavy atom. The van der Waals surface area contributed by atoms with Gasteiger partial charge in [-0.05, 0) is 44.5 Å². The topological polar surface area (TPSA) is 32.3 Å². The van der Waals surface area contributed by atoms with E-state index in [0.29, 0.717) is 0 Å². The molecule has 1 aromatic heterocycles. The third kappa shape index (κ3) is 2.22. The van der Waals surface area contributed by atoms with Gasteiger partial charge in [0.1, 0.15) is 6.17 Å². The Kier molecular flexibility index (Phi) is 3.45. The third-order valence-electron chi connectivity index (χ3n) is 4.47. The molecule has 0 saturated carbocycles. The van der Waals surface area contributed by atoms with Gasteiger partial charge in [-0.2, -0.15) is 0 Å². The number of hydrogen-bond donors (Lipinski definition) is 0. The van der Waals surface area contributed by atoms with Crippen LogP contribution in [0.15, 0.2) is 60.8 Å². The highest BCUT2D eigenvalue weighted by Gasteiger charge is 2.37. The second kappa shape index (κ2) is 5.64. The maximum absolute atomic E-state index is 4.80. The number of benzene rings is 2. The van der Waals surface area contributed by atoms with Gasteiger partial charge in [-0.25, -0.2) is 9.97 Å². The van der Waals surface area contributed by atoms with Crippen LogP contribution in [0.1, 0.15) is 18.2 Å². The summed E-state index contributed by atoms with van der Waals surface area (Å²) < 4.78 is 0. The van der Waals surface area contributed by atoms with E-state index in [1.54, 1.807) is 0 Å². The number of aromatic nitrogens is 2. The molecule has 2 heterocycles. The zero-order chi connectivity index (χ0) is 16.7. The minimum Gasteiger partial charge on any atom is -0.302 e. The van der Waals surface area contributed by atoms with Gasteiger partial charge in [0.2, 0.25) is 0 Å². The molecule has 1 atom stereocenters. The molecule has 4 nitrogen and oxygen atoms in total. The van der Waals surface area contributed by atoms with Crippen LogP contribution in [0.5, 0.6) is 0 Å². The summed E-state index contributed by atoms with van der Waals surface area (Å²) in [6.07, 6.45) is 1.94. The van der Waals surface area contributed by atoms with Crippen molar-refractivity contribution in [3.63, 3.8) is 0 Å². The summed E-state index contributed by atoms with van der Waals surface area (Å²) in [7, 11) is 0. The van der Waals surface area contributed by atoms with E-state index in [9.17, 15) is 0 Å². The van der Waals surface area contributed by atoms with E-state index in [4.69, 9.17) is 9.97 Å². The van der Waals surface area contributed by atoms with Gasteiger partial charge in [0.15, 0.2) is 11.6 Å². The second-order valence-electron chi connectivity index (χ2n) is 6.15. The van der Waals surface area contributed by atoms with Gasteiger partial charge < -0.3 is 9.80 Å². The van der Waals surface area contributed by atoms with Gasteiger partial charge in [-0.1, -0.05) is 36.4 Å². The van der Waals surface area contributed by atoms with Crippen molar-refractivity contribution in [1.82, 2.24) is 9.97 Å². The molecule has 0 spiro atoms. The molecule has 120 valence electrons. The Morgan fingerprint density at radius 3 is 2.29 bits per heavy atom. The summed E-state index contributed by atoms with van der Waals surface area (Å²) >= 11 is 0. The molecule has 0 unspecified atom stereocenters. The van der Waals surface area contributed by atoms with E-state index >= 15 is 0 Å². The molecule has 0 N–H and O–H groups in total. The Bertz CT molecular complexity index is 876. The number of para-hydroxylation sites is 2. The number of hydrogen-bond acceptors (Lipinski definition) is 4. The van der Waals surface area contributed by atoms with Crippen molar-refractivity contribution in [3.05, 3.63) is 72.1 Å². The summed E-state index contributed by atoms with van der Waals surface area (Å²) in [5.41, 5.74) is 4.45. The zero-order valence-corrected chi connectivity index (χ0v) is 14.1. The lowest BCUT2D eigenvalue weighted by atomic mass is 10.2. The molecule has 0 fully saturated rings. The monoisotopic (exact) mass is 316 g/mol. The average Bonchev–Trinajstić information content (AvgIpc) is 2.87. The molecule has 0 bridgehead atoms. The van der Waals surface area contributed by atoms with Crippen molar-refractivity contribution in [2.75, 3.05) is 9.80 Å². The van der Waals surface area contributed by atoms with Crippen molar-refractivity contribution in [1.29, 1.82) is 0 Å². The zero-order valence-electron chi connectivity index (χ0n) is 14.1. The standard InChI is InChI=1S/C20H20N4/c1-14-9-7-8-12-18(14)24-16(3)23(17-10-5-4-6-11-17)19-20(24)22-15(2)13-21-19/h4-13,16H,1-3H3/t16-/m0/s1. The summed E-state index contributed by atoms with van der Waals surface area (Å²) in [4.78, 5) is 14.0. The Balaban J connectivity index is 1.91. The summed E-state index contributed by atoms with van der Waals surface area (Å²) in [6.45, 7) is 6.31. The van der Waals surface area contributed by atoms with E-state index in [1.807, 2.05) is 19.2 Å². The van der Waals surface area contributed by atoms with Crippen molar-refractivity contribution >= 4 is 23.0 Å². The highest BCUT2D eigenvalue weighted by Crippen LogP contribution is 2.45. The lowest BCUT2D eigenvalue weighted by Gasteiger charge is -2.30. The summed E-state index contributed by atoms with van der Waals surface area (Å²) in [5.74, 6) is 1.82. The predicted molar refractivity (Wildman–Crippen MR) is 98.1 cm³/mol. The Labute approximate surface area is 142 Å². The molecule has 0 aliphatic carbocycles. The van der Waals surface area contributed by atoms with Crippen LogP contribution in [0.2, 0.25) is 0 Å². The molecule has 1 aliphatic heterocycles. The van der Waals surface area contributed by atoms with Gasteiger partial charge in [-0.3, -0.25) is 0 Å². The molecule has 3 aromatic rings. The molecule has 0 radical (unpaired) electrons.